The highest BCUT2D eigenvalue weighted by molar-refractivity contribution is 5.71. The molecule has 0 bridgehead atoms. The zero-order chi connectivity index (χ0) is 21.0. The van der Waals surface area contributed by atoms with Gasteiger partial charge in [-0.3, -0.25) is 4.79 Å². The molecule has 0 saturated carbocycles. The van der Waals surface area contributed by atoms with E-state index in [1.807, 2.05) is 19.9 Å². The Bertz CT molecular complexity index is 415. The van der Waals surface area contributed by atoms with Crippen LogP contribution in [0.2, 0.25) is 0 Å². The van der Waals surface area contributed by atoms with Crippen LogP contribution in [0.25, 0.3) is 0 Å². The first-order chi connectivity index (χ1) is 12.7. The molecule has 4 nitrogen and oxygen atoms in total. The molecule has 0 aliphatic heterocycles. The maximum absolute atomic E-state index is 12.2. The molecule has 0 aliphatic rings. The highest BCUT2D eigenvalue weighted by Gasteiger charge is 2.36. The molecule has 0 saturated heterocycles. The Kier molecular flexibility index (Phi) is 12.9. The lowest BCUT2D eigenvalue weighted by Crippen LogP contribution is -2.41. The summed E-state index contributed by atoms with van der Waals surface area (Å²) in [6, 6.07) is 0. The highest BCUT2D eigenvalue weighted by atomic mass is 16.7. The Labute approximate surface area is 168 Å². The third-order valence-corrected chi connectivity index (χ3v) is 5.72. The molecule has 0 aromatic heterocycles. The maximum Gasteiger partial charge on any atom is 0.308 e. The van der Waals surface area contributed by atoms with E-state index in [0.717, 1.165) is 38.5 Å². The van der Waals surface area contributed by atoms with E-state index in [1.165, 1.54) is 0 Å². The predicted octanol–water partition coefficient (Wildman–Crippen LogP) is 6.00. The number of esters is 1. The standard InChI is InChI=1S/C23H44O4/c1-10-12-15-23(25-8,26-9)20(7)13-14-21(27-22(24)17(3)4)19(6)16-18(5)11-2/h11,17-21H,2,10,12-16H2,1,3-9H3. The molecular weight excluding hydrogens is 340 g/mol. The van der Waals surface area contributed by atoms with Crippen LogP contribution in [0, 0.1) is 23.7 Å². The van der Waals surface area contributed by atoms with Crippen molar-refractivity contribution in [2.75, 3.05) is 14.2 Å². The lowest BCUT2D eigenvalue weighted by molar-refractivity contribution is -0.243. The van der Waals surface area contributed by atoms with Gasteiger partial charge in [-0.15, -0.1) is 6.58 Å². The summed E-state index contributed by atoms with van der Waals surface area (Å²) in [7, 11) is 3.45. The van der Waals surface area contributed by atoms with Crippen molar-refractivity contribution >= 4 is 5.97 Å². The smallest absolute Gasteiger partial charge is 0.308 e. The van der Waals surface area contributed by atoms with Gasteiger partial charge in [0.15, 0.2) is 5.79 Å². The second-order valence-electron chi connectivity index (χ2n) is 8.36. The zero-order valence-electron chi connectivity index (χ0n) is 19.0. The van der Waals surface area contributed by atoms with Crippen LogP contribution in [-0.4, -0.2) is 32.1 Å². The summed E-state index contributed by atoms with van der Waals surface area (Å²) >= 11 is 0. The zero-order valence-corrected chi connectivity index (χ0v) is 19.0. The minimum atomic E-state index is -0.569. The maximum atomic E-state index is 12.2. The fourth-order valence-electron chi connectivity index (χ4n) is 3.57. The molecule has 4 atom stereocenters. The first-order valence-electron chi connectivity index (χ1n) is 10.6. The molecule has 0 spiro atoms. The second-order valence-corrected chi connectivity index (χ2v) is 8.36. The lowest BCUT2D eigenvalue weighted by Gasteiger charge is -2.37. The summed E-state index contributed by atoms with van der Waals surface area (Å²) in [6.45, 7) is 16.3. The molecule has 0 rings (SSSR count). The van der Waals surface area contributed by atoms with Crippen molar-refractivity contribution in [2.24, 2.45) is 23.7 Å². The van der Waals surface area contributed by atoms with E-state index >= 15 is 0 Å². The van der Waals surface area contributed by atoms with E-state index in [-0.39, 0.29) is 29.8 Å². The van der Waals surface area contributed by atoms with Gasteiger partial charge in [0.25, 0.3) is 0 Å². The van der Waals surface area contributed by atoms with Crippen LogP contribution in [0.5, 0.6) is 0 Å². The molecule has 4 heteroatoms. The summed E-state index contributed by atoms with van der Waals surface area (Å²) in [5.74, 6) is 0.0861. The van der Waals surface area contributed by atoms with Crippen molar-refractivity contribution in [2.45, 2.75) is 92.0 Å². The Morgan fingerprint density at radius 3 is 2.11 bits per heavy atom. The molecule has 0 aromatic carbocycles. The first kappa shape index (κ1) is 26.1. The van der Waals surface area contributed by atoms with Crippen LogP contribution in [0.1, 0.15) is 80.1 Å². The first-order valence-corrected chi connectivity index (χ1v) is 10.6. The second kappa shape index (κ2) is 13.3. The van der Waals surface area contributed by atoms with E-state index in [4.69, 9.17) is 14.2 Å². The van der Waals surface area contributed by atoms with Gasteiger partial charge in [0.05, 0.1) is 5.92 Å². The van der Waals surface area contributed by atoms with Crippen LogP contribution < -0.4 is 0 Å². The fraction of sp³-hybridized carbons (Fsp3) is 0.870. The van der Waals surface area contributed by atoms with Gasteiger partial charge in [-0.05, 0) is 37.5 Å². The average molecular weight is 385 g/mol. The van der Waals surface area contributed by atoms with Gasteiger partial charge in [-0.1, -0.05) is 54.0 Å². The van der Waals surface area contributed by atoms with E-state index in [2.05, 4.69) is 34.3 Å². The summed E-state index contributed by atoms with van der Waals surface area (Å²) in [5.41, 5.74) is 0. The van der Waals surface area contributed by atoms with Crippen LogP contribution in [-0.2, 0) is 19.0 Å². The van der Waals surface area contributed by atoms with Crippen LogP contribution in [0.3, 0.4) is 0 Å². The minimum absolute atomic E-state index is 0.0951. The molecule has 0 N–H and O–H groups in total. The molecule has 0 heterocycles. The molecule has 0 fully saturated rings. The normalized spacial score (nSPS) is 16.6. The van der Waals surface area contributed by atoms with E-state index in [1.54, 1.807) is 14.2 Å². The highest BCUT2D eigenvalue weighted by Crippen LogP contribution is 2.33. The Morgan fingerprint density at radius 2 is 1.67 bits per heavy atom. The minimum Gasteiger partial charge on any atom is -0.462 e. The van der Waals surface area contributed by atoms with Gasteiger partial charge >= 0.3 is 5.97 Å². The molecule has 0 aromatic rings. The Balaban J connectivity index is 5.12. The summed E-state index contributed by atoms with van der Waals surface area (Å²) < 4.78 is 17.5. The summed E-state index contributed by atoms with van der Waals surface area (Å²) in [6.07, 6.45) is 7.56. The molecular formula is C23H44O4. The van der Waals surface area contributed by atoms with Crippen LogP contribution >= 0.6 is 0 Å². The SMILES string of the molecule is C=CC(C)CC(C)C(CCC(C)C(CCCC)(OC)OC)OC(=O)C(C)C. The van der Waals surface area contributed by atoms with Crippen molar-refractivity contribution in [3.8, 4) is 0 Å². The van der Waals surface area contributed by atoms with Gasteiger partial charge in [-0.25, -0.2) is 0 Å². The van der Waals surface area contributed by atoms with Gasteiger partial charge in [0.2, 0.25) is 0 Å². The number of carbonyl (C=O) groups excluding carboxylic acids is 1. The molecule has 0 radical (unpaired) electrons. The average Bonchev–Trinajstić information content (AvgIpc) is 2.65. The van der Waals surface area contributed by atoms with E-state index in [9.17, 15) is 4.79 Å². The monoisotopic (exact) mass is 384 g/mol. The van der Waals surface area contributed by atoms with Gasteiger partial charge in [0.1, 0.15) is 6.10 Å². The number of carbonyl (C=O) groups is 1. The third-order valence-electron chi connectivity index (χ3n) is 5.72. The van der Waals surface area contributed by atoms with Crippen molar-refractivity contribution in [1.29, 1.82) is 0 Å². The Hall–Kier alpha value is -0.870. The largest absolute Gasteiger partial charge is 0.462 e. The van der Waals surface area contributed by atoms with Gasteiger partial charge in [0, 0.05) is 26.6 Å². The van der Waals surface area contributed by atoms with Crippen molar-refractivity contribution in [3.05, 3.63) is 12.7 Å². The molecule has 0 amide bonds. The Morgan fingerprint density at radius 1 is 1.07 bits per heavy atom. The molecule has 160 valence electrons. The lowest BCUT2D eigenvalue weighted by atomic mass is 9.85. The van der Waals surface area contributed by atoms with Gasteiger partial charge < -0.3 is 14.2 Å². The number of rotatable bonds is 15. The third kappa shape index (κ3) is 8.78. The summed E-state index contributed by atoms with van der Waals surface area (Å²) in [4.78, 5) is 12.2. The quantitative estimate of drug-likeness (QED) is 0.197. The topological polar surface area (TPSA) is 44.8 Å². The molecule has 4 unspecified atom stereocenters. The number of methoxy groups -OCH3 is 2. The number of hydrogen-bond donors (Lipinski definition) is 0. The van der Waals surface area contributed by atoms with E-state index in [0.29, 0.717) is 5.92 Å². The fourth-order valence-corrected chi connectivity index (χ4v) is 3.57. The predicted molar refractivity (Wildman–Crippen MR) is 113 cm³/mol. The number of allylic oxidation sites excluding steroid dienone is 1. The molecule has 0 aliphatic carbocycles. The van der Waals surface area contributed by atoms with Gasteiger partial charge in [-0.2, -0.15) is 0 Å². The molecule has 27 heavy (non-hydrogen) atoms. The van der Waals surface area contributed by atoms with Crippen LogP contribution in [0.4, 0.5) is 0 Å². The van der Waals surface area contributed by atoms with E-state index < -0.39 is 5.79 Å². The van der Waals surface area contributed by atoms with Crippen molar-refractivity contribution in [3.63, 3.8) is 0 Å². The summed E-state index contributed by atoms with van der Waals surface area (Å²) in [5, 5.41) is 0. The number of hydrogen-bond acceptors (Lipinski definition) is 4. The number of unbranched alkanes of at least 4 members (excludes halogenated alkanes) is 1. The van der Waals surface area contributed by atoms with Crippen LogP contribution in [0.15, 0.2) is 12.7 Å². The van der Waals surface area contributed by atoms with Crippen molar-refractivity contribution in [1.82, 2.24) is 0 Å². The number of ether oxygens (including phenoxy) is 3. The van der Waals surface area contributed by atoms with Crippen molar-refractivity contribution < 1.29 is 19.0 Å².